The van der Waals surface area contributed by atoms with E-state index in [1.807, 2.05) is 30.3 Å². The van der Waals surface area contributed by atoms with E-state index in [9.17, 15) is 0 Å². The van der Waals surface area contributed by atoms with Crippen molar-refractivity contribution in [3.63, 3.8) is 0 Å². The average Bonchev–Trinajstić information content (AvgIpc) is 2.80. The molecular weight excluding hydrogens is 360 g/mol. The Morgan fingerprint density at radius 3 is 2.70 bits per heavy atom. The maximum absolute atomic E-state index is 5.87. The number of halogens is 2. The summed E-state index contributed by atoms with van der Waals surface area (Å²) in [6.45, 7) is 0. The molecular formula is C14H8BrClN2OS. The first-order chi connectivity index (χ1) is 9.72. The van der Waals surface area contributed by atoms with Crippen LogP contribution in [0.4, 0.5) is 0 Å². The van der Waals surface area contributed by atoms with Crippen LogP contribution in [0, 0.1) is 0 Å². The van der Waals surface area contributed by atoms with Crippen LogP contribution in [-0.2, 0) is 0 Å². The second kappa shape index (κ2) is 5.91. The molecule has 0 aliphatic carbocycles. The molecule has 0 amide bonds. The molecule has 6 heteroatoms. The molecule has 2 aromatic heterocycles. The first kappa shape index (κ1) is 13.5. The van der Waals surface area contributed by atoms with Gasteiger partial charge in [-0.25, -0.2) is 9.97 Å². The highest BCUT2D eigenvalue weighted by atomic mass is 79.9. The monoisotopic (exact) mass is 366 g/mol. The predicted molar refractivity (Wildman–Crippen MR) is 84.6 cm³/mol. The predicted octanol–water partition coefficient (Wildman–Crippen LogP) is 5.41. The van der Waals surface area contributed by atoms with Gasteiger partial charge < -0.3 is 4.74 Å². The molecule has 3 nitrogen and oxygen atoms in total. The Balaban J connectivity index is 1.98. The van der Waals surface area contributed by atoms with Crippen LogP contribution in [0.2, 0.25) is 5.15 Å². The fraction of sp³-hybridized carbons (Fsp3) is 0. The summed E-state index contributed by atoms with van der Waals surface area (Å²) >= 11 is 10.7. The van der Waals surface area contributed by atoms with Crippen molar-refractivity contribution in [2.75, 3.05) is 0 Å². The topological polar surface area (TPSA) is 35.0 Å². The van der Waals surface area contributed by atoms with Gasteiger partial charge in [0.15, 0.2) is 3.92 Å². The molecule has 0 atom stereocenters. The van der Waals surface area contributed by atoms with E-state index in [4.69, 9.17) is 16.3 Å². The number of nitrogens with zero attached hydrogens (tertiary/aromatic N) is 2. The smallest absolute Gasteiger partial charge is 0.209 e. The minimum atomic E-state index is 0.396. The summed E-state index contributed by atoms with van der Waals surface area (Å²) < 4.78 is 6.64. The van der Waals surface area contributed by atoms with Crippen molar-refractivity contribution in [1.82, 2.24) is 9.97 Å². The number of pyridine rings is 1. The third kappa shape index (κ3) is 3.00. The number of hydrogen-bond acceptors (Lipinski definition) is 4. The largest absolute Gasteiger partial charge is 0.444 e. The molecule has 0 unspecified atom stereocenters. The second-order valence-electron chi connectivity index (χ2n) is 3.89. The fourth-order valence-corrected chi connectivity index (χ4v) is 3.15. The Morgan fingerprint density at radius 2 is 1.95 bits per heavy atom. The molecule has 20 heavy (non-hydrogen) atoms. The Kier molecular flexibility index (Phi) is 4.00. The molecule has 0 saturated carbocycles. The van der Waals surface area contributed by atoms with Crippen LogP contribution in [-0.4, -0.2) is 9.97 Å². The van der Waals surface area contributed by atoms with Gasteiger partial charge in [0, 0.05) is 17.8 Å². The summed E-state index contributed by atoms with van der Waals surface area (Å²) in [6, 6.07) is 13.3. The molecule has 0 saturated heterocycles. The second-order valence-corrected chi connectivity index (χ2v) is 6.51. The molecule has 0 aliphatic rings. The van der Waals surface area contributed by atoms with Crippen molar-refractivity contribution >= 4 is 38.9 Å². The highest BCUT2D eigenvalue weighted by Crippen LogP contribution is 2.40. The SMILES string of the molecule is Clc1cc(Oc2sc(Br)nc2-c2ccccc2)ccn1. The van der Waals surface area contributed by atoms with E-state index in [0.717, 1.165) is 15.2 Å². The molecule has 0 fully saturated rings. The Hall–Kier alpha value is -1.43. The molecule has 100 valence electrons. The van der Waals surface area contributed by atoms with Crippen molar-refractivity contribution < 1.29 is 4.74 Å². The molecule has 0 radical (unpaired) electrons. The molecule has 3 aromatic rings. The number of benzene rings is 1. The summed E-state index contributed by atoms with van der Waals surface area (Å²) in [6.07, 6.45) is 1.61. The third-order valence-electron chi connectivity index (χ3n) is 2.53. The summed E-state index contributed by atoms with van der Waals surface area (Å²) in [5.74, 6) is 0.637. The quantitative estimate of drug-likeness (QED) is 0.580. The van der Waals surface area contributed by atoms with Gasteiger partial charge in [-0.2, -0.15) is 0 Å². The van der Waals surface area contributed by atoms with Crippen LogP contribution < -0.4 is 4.74 Å². The molecule has 2 heterocycles. The Labute approximate surface area is 133 Å². The zero-order valence-electron chi connectivity index (χ0n) is 10.1. The highest BCUT2D eigenvalue weighted by Gasteiger charge is 2.14. The minimum absolute atomic E-state index is 0.396. The van der Waals surface area contributed by atoms with Crippen molar-refractivity contribution in [2.24, 2.45) is 0 Å². The first-order valence-electron chi connectivity index (χ1n) is 5.73. The normalized spacial score (nSPS) is 10.5. The van der Waals surface area contributed by atoms with Crippen LogP contribution in [0.1, 0.15) is 0 Å². The zero-order valence-corrected chi connectivity index (χ0v) is 13.2. The lowest BCUT2D eigenvalue weighted by atomic mass is 10.2. The lowest BCUT2D eigenvalue weighted by Gasteiger charge is -2.05. The van der Waals surface area contributed by atoms with Gasteiger partial charge in [-0.05, 0) is 22.0 Å². The highest BCUT2D eigenvalue weighted by molar-refractivity contribution is 9.11. The van der Waals surface area contributed by atoms with Gasteiger partial charge >= 0.3 is 0 Å². The minimum Gasteiger partial charge on any atom is -0.444 e. The van der Waals surface area contributed by atoms with Crippen LogP contribution >= 0.6 is 38.9 Å². The van der Waals surface area contributed by atoms with E-state index < -0.39 is 0 Å². The van der Waals surface area contributed by atoms with E-state index in [2.05, 4.69) is 25.9 Å². The zero-order chi connectivity index (χ0) is 13.9. The van der Waals surface area contributed by atoms with Crippen LogP contribution in [0.25, 0.3) is 11.3 Å². The average molecular weight is 368 g/mol. The fourth-order valence-electron chi connectivity index (χ4n) is 1.68. The van der Waals surface area contributed by atoms with Gasteiger partial charge in [0.05, 0.1) is 0 Å². The maximum atomic E-state index is 5.87. The summed E-state index contributed by atoms with van der Waals surface area (Å²) in [5.41, 5.74) is 1.81. The molecule has 0 N–H and O–H groups in total. The summed E-state index contributed by atoms with van der Waals surface area (Å²) in [4.78, 5) is 8.39. The Morgan fingerprint density at radius 1 is 1.15 bits per heavy atom. The number of ether oxygens (including phenoxy) is 1. The van der Waals surface area contributed by atoms with Crippen molar-refractivity contribution in [2.45, 2.75) is 0 Å². The van der Waals surface area contributed by atoms with Crippen molar-refractivity contribution in [1.29, 1.82) is 0 Å². The summed E-state index contributed by atoms with van der Waals surface area (Å²) in [7, 11) is 0. The molecule has 3 rings (SSSR count). The van der Waals surface area contributed by atoms with Gasteiger partial charge in [0.25, 0.3) is 0 Å². The van der Waals surface area contributed by atoms with E-state index in [-0.39, 0.29) is 0 Å². The number of rotatable bonds is 3. The van der Waals surface area contributed by atoms with E-state index in [0.29, 0.717) is 16.0 Å². The first-order valence-corrected chi connectivity index (χ1v) is 7.72. The van der Waals surface area contributed by atoms with E-state index >= 15 is 0 Å². The van der Waals surface area contributed by atoms with Gasteiger partial charge in [-0.1, -0.05) is 53.3 Å². The van der Waals surface area contributed by atoms with Crippen LogP contribution in [0.15, 0.2) is 52.6 Å². The number of aromatic nitrogens is 2. The van der Waals surface area contributed by atoms with Gasteiger partial charge in [0.2, 0.25) is 5.06 Å². The van der Waals surface area contributed by atoms with Gasteiger partial charge in [0.1, 0.15) is 16.6 Å². The van der Waals surface area contributed by atoms with Crippen molar-refractivity contribution in [3.05, 3.63) is 57.7 Å². The molecule has 0 aliphatic heterocycles. The lowest BCUT2D eigenvalue weighted by molar-refractivity contribution is 0.496. The Bertz CT molecular complexity index is 733. The summed E-state index contributed by atoms with van der Waals surface area (Å²) in [5, 5.41) is 1.11. The van der Waals surface area contributed by atoms with Crippen molar-refractivity contribution in [3.8, 4) is 22.1 Å². The lowest BCUT2D eigenvalue weighted by Crippen LogP contribution is -1.86. The van der Waals surface area contributed by atoms with E-state index in [1.54, 1.807) is 18.3 Å². The molecule has 0 bridgehead atoms. The van der Waals surface area contributed by atoms with Gasteiger partial charge in [-0.3, -0.25) is 0 Å². The number of thiazole rings is 1. The third-order valence-corrected chi connectivity index (χ3v) is 4.12. The van der Waals surface area contributed by atoms with E-state index in [1.165, 1.54) is 11.3 Å². The van der Waals surface area contributed by atoms with Crippen LogP contribution in [0.3, 0.4) is 0 Å². The van der Waals surface area contributed by atoms with Crippen LogP contribution in [0.5, 0.6) is 10.8 Å². The van der Waals surface area contributed by atoms with Gasteiger partial charge in [-0.15, -0.1) is 0 Å². The standard InChI is InChI=1S/C14H8BrClN2OS/c15-14-18-12(9-4-2-1-3-5-9)13(20-14)19-10-6-7-17-11(16)8-10/h1-8H. The maximum Gasteiger partial charge on any atom is 0.209 e. The number of hydrogen-bond donors (Lipinski definition) is 0. The molecule has 1 aromatic carbocycles. The molecule has 0 spiro atoms.